The predicted octanol–water partition coefficient (Wildman–Crippen LogP) is 3.36. The first-order valence-electron chi connectivity index (χ1n) is 9.19. The minimum Gasteiger partial charge on any atom is -0.477 e. The number of fused-ring (bicyclic) bond motifs is 3. The fraction of sp³-hybridized carbons (Fsp3) is 0.174. The fourth-order valence-corrected chi connectivity index (χ4v) is 4.46. The van der Waals surface area contributed by atoms with Crippen LogP contribution in [0.15, 0.2) is 78.9 Å². The van der Waals surface area contributed by atoms with E-state index in [1.165, 1.54) is 5.56 Å². The molecular weight excluding hydrogens is 336 g/mol. The van der Waals surface area contributed by atoms with Gasteiger partial charge < -0.3 is 15.4 Å². The molecule has 0 bridgehead atoms. The summed E-state index contributed by atoms with van der Waals surface area (Å²) in [6.45, 7) is 0.689. The predicted molar refractivity (Wildman–Crippen MR) is 104 cm³/mol. The minimum absolute atomic E-state index is 0.0326. The third-order valence-electron chi connectivity index (χ3n) is 5.68. The third-order valence-corrected chi connectivity index (χ3v) is 5.68. The SMILES string of the molecule is Nc1ccc(C23c4ccccc4CCN2C(=O)C3Oc2ccccc2)cc1. The number of nitrogen functional groups attached to an aromatic ring is 1. The Morgan fingerprint density at radius 1 is 0.926 bits per heavy atom. The van der Waals surface area contributed by atoms with Crippen LogP contribution in [0.3, 0.4) is 0 Å². The molecule has 1 amide bonds. The molecule has 4 nitrogen and oxygen atoms in total. The van der Waals surface area contributed by atoms with Gasteiger partial charge in [-0.05, 0) is 47.4 Å². The molecule has 3 aromatic carbocycles. The van der Waals surface area contributed by atoms with Crippen molar-refractivity contribution in [3.05, 3.63) is 95.6 Å². The molecule has 27 heavy (non-hydrogen) atoms. The highest BCUT2D eigenvalue weighted by Crippen LogP contribution is 2.52. The number of rotatable bonds is 3. The molecule has 2 aliphatic heterocycles. The monoisotopic (exact) mass is 356 g/mol. The van der Waals surface area contributed by atoms with Gasteiger partial charge in [0.2, 0.25) is 6.10 Å². The molecule has 2 aliphatic rings. The van der Waals surface area contributed by atoms with E-state index in [2.05, 4.69) is 18.2 Å². The van der Waals surface area contributed by atoms with Gasteiger partial charge in [0, 0.05) is 12.2 Å². The summed E-state index contributed by atoms with van der Waals surface area (Å²) in [5, 5.41) is 0. The number of nitrogens with zero attached hydrogens (tertiary/aromatic N) is 1. The number of hydrogen-bond donors (Lipinski definition) is 1. The normalized spacial score (nSPS) is 23.2. The molecule has 134 valence electrons. The largest absolute Gasteiger partial charge is 0.477 e. The molecule has 2 N–H and O–H groups in total. The average molecular weight is 356 g/mol. The Bertz CT molecular complexity index is 1000. The van der Waals surface area contributed by atoms with Crippen molar-refractivity contribution >= 4 is 11.6 Å². The van der Waals surface area contributed by atoms with Crippen molar-refractivity contribution in [3.8, 4) is 5.75 Å². The van der Waals surface area contributed by atoms with Crippen molar-refractivity contribution in [2.45, 2.75) is 18.1 Å². The van der Waals surface area contributed by atoms with Crippen LogP contribution in [-0.4, -0.2) is 23.5 Å². The first-order valence-corrected chi connectivity index (χ1v) is 9.19. The van der Waals surface area contributed by atoms with Crippen LogP contribution in [0.5, 0.6) is 5.75 Å². The second-order valence-corrected chi connectivity index (χ2v) is 7.10. The Balaban J connectivity index is 1.70. The van der Waals surface area contributed by atoms with Gasteiger partial charge in [-0.1, -0.05) is 54.6 Å². The van der Waals surface area contributed by atoms with E-state index in [1.54, 1.807) is 0 Å². The Kier molecular flexibility index (Phi) is 3.47. The number of β-lactam (4-membered cyclic amide) rings is 1. The van der Waals surface area contributed by atoms with Crippen LogP contribution < -0.4 is 10.5 Å². The number of carbonyl (C=O) groups excluding carboxylic acids is 1. The number of para-hydroxylation sites is 1. The molecule has 3 aromatic rings. The van der Waals surface area contributed by atoms with Gasteiger partial charge in [0.25, 0.3) is 5.91 Å². The first-order chi connectivity index (χ1) is 13.2. The maximum absolute atomic E-state index is 13.0. The summed E-state index contributed by atoms with van der Waals surface area (Å²) in [4.78, 5) is 15.0. The average Bonchev–Trinajstić information content (AvgIpc) is 2.72. The maximum Gasteiger partial charge on any atom is 0.268 e. The van der Waals surface area contributed by atoms with E-state index in [1.807, 2.05) is 65.6 Å². The lowest BCUT2D eigenvalue weighted by Crippen LogP contribution is -2.76. The van der Waals surface area contributed by atoms with Gasteiger partial charge in [-0.2, -0.15) is 0 Å². The topological polar surface area (TPSA) is 55.6 Å². The van der Waals surface area contributed by atoms with Gasteiger partial charge in [0.1, 0.15) is 11.3 Å². The number of carbonyl (C=O) groups is 1. The van der Waals surface area contributed by atoms with Crippen LogP contribution in [0.2, 0.25) is 0 Å². The Labute approximate surface area is 158 Å². The Morgan fingerprint density at radius 3 is 2.41 bits per heavy atom. The molecule has 0 aromatic heterocycles. The fourth-order valence-electron chi connectivity index (χ4n) is 4.46. The van der Waals surface area contributed by atoms with Crippen LogP contribution in [0, 0.1) is 0 Å². The van der Waals surface area contributed by atoms with Crippen molar-refractivity contribution in [1.82, 2.24) is 4.90 Å². The Morgan fingerprint density at radius 2 is 1.63 bits per heavy atom. The highest BCUT2D eigenvalue weighted by Gasteiger charge is 2.65. The van der Waals surface area contributed by atoms with Crippen molar-refractivity contribution in [2.75, 3.05) is 12.3 Å². The summed E-state index contributed by atoms with van der Waals surface area (Å²) < 4.78 is 6.25. The van der Waals surface area contributed by atoms with E-state index in [4.69, 9.17) is 10.5 Å². The number of benzene rings is 3. The van der Waals surface area contributed by atoms with Gasteiger partial charge in [0.15, 0.2) is 0 Å². The standard InChI is InChI=1S/C23H20N2O2/c24-18-12-10-17(11-13-18)23-20-9-5-4-6-16(20)14-15-25(23)22(26)21(23)27-19-7-2-1-3-8-19/h1-13,21H,14-15,24H2. The zero-order chi connectivity index (χ0) is 18.4. The second kappa shape index (κ2) is 5.88. The first kappa shape index (κ1) is 15.9. The van der Waals surface area contributed by atoms with Gasteiger partial charge in [0.05, 0.1) is 0 Å². The summed E-state index contributed by atoms with van der Waals surface area (Å²) in [5.41, 5.74) is 9.45. The second-order valence-electron chi connectivity index (χ2n) is 7.10. The van der Waals surface area contributed by atoms with Crippen LogP contribution >= 0.6 is 0 Å². The van der Waals surface area contributed by atoms with E-state index >= 15 is 0 Å². The molecular formula is C23H20N2O2. The van der Waals surface area contributed by atoms with Crippen molar-refractivity contribution in [1.29, 1.82) is 0 Å². The molecule has 1 saturated heterocycles. The van der Waals surface area contributed by atoms with E-state index in [0.717, 1.165) is 17.5 Å². The summed E-state index contributed by atoms with van der Waals surface area (Å²) in [6.07, 6.45) is 0.265. The summed E-state index contributed by atoms with van der Waals surface area (Å²) >= 11 is 0. The highest BCUT2D eigenvalue weighted by molar-refractivity contribution is 5.94. The van der Waals surface area contributed by atoms with Crippen molar-refractivity contribution in [3.63, 3.8) is 0 Å². The molecule has 0 radical (unpaired) electrons. The van der Waals surface area contributed by atoms with Gasteiger partial charge in [-0.15, -0.1) is 0 Å². The number of hydrogen-bond acceptors (Lipinski definition) is 3. The lowest BCUT2D eigenvalue weighted by molar-refractivity contribution is -0.178. The highest BCUT2D eigenvalue weighted by atomic mass is 16.5. The molecule has 2 heterocycles. The lowest BCUT2D eigenvalue weighted by atomic mass is 9.66. The number of anilines is 1. The summed E-state index contributed by atoms with van der Waals surface area (Å²) in [6, 6.07) is 25.7. The molecule has 4 heteroatoms. The lowest BCUT2D eigenvalue weighted by Gasteiger charge is -2.59. The molecule has 2 unspecified atom stereocenters. The van der Waals surface area contributed by atoms with Gasteiger partial charge in [-0.3, -0.25) is 4.79 Å². The summed E-state index contributed by atoms with van der Waals surface area (Å²) in [5.74, 6) is 0.735. The summed E-state index contributed by atoms with van der Waals surface area (Å²) in [7, 11) is 0. The Hall–Kier alpha value is -3.27. The number of ether oxygens (including phenoxy) is 1. The maximum atomic E-state index is 13.0. The minimum atomic E-state index is -0.616. The molecule has 1 fully saturated rings. The van der Waals surface area contributed by atoms with Crippen LogP contribution in [-0.2, 0) is 16.8 Å². The van der Waals surface area contributed by atoms with E-state index in [9.17, 15) is 4.79 Å². The molecule has 0 saturated carbocycles. The molecule has 5 rings (SSSR count). The van der Waals surface area contributed by atoms with Crippen LogP contribution in [0.4, 0.5) is 5.69 Å². The van der Waals surface area contributed by atoms with Crippen LogP contribution in [0.1, 0.15) is 16.7 Å². The quantitative estimate of drug-likeness (QED) is 0.578. The number of nitrogens with two attached hydrogens (primary N) is 1. The molecule has 2 atom stereocenters. The van der Waals surface area contributed by atoms with E-state index in [0.29, 0.717) is 18.0 Å². The van der Waals surface area contributed by atoms with E-state index in [-0.39, 0.29) is 5.91 Å². The van der Waals surface area contributed by atoms with E-state index < -0.39 is 11.6 Å². The zero-order valence-corrected chi connectivity index (χ0v) is 14.8. The van der Waals surface area contributed by atoms with Crippen molar-refractivity contribution in [2.24, 2.45) is 0 Å². The third kappa shape index (κ3) is 2.19. The molecule has 0 spiro atoms. The van der Waals surface area contributed by atoms with Crippen LogP contribution in [0.25, 0.3) is 0 Å². The zero-order valence-electron chi connectivity index (χ0n) is 14.8. The van der Waals surface area contributed by atoms with Gasteiger partial charge >= 0.3 is 0 Å². The molecule has 0 aliphatic carbocycles. The van der Waals surface area contributed by atoms with Crippen molar-refractivity contribution < 1.29 is 9.53 Å². The number of amides is 1. The van der Waals surface area contributed by atoms with Gasteiger partial charge in [-0.25, -0.2) is 0 Å². The smallest absolute Gasteiger partial charge is 0.268 e.